The van der Waals surface area contributed by atoms with Crippen molar-refractivity contribution in [3.8, 4) is 0 Å². The molecule has 0 bridgehead atoms. The fourth-order valence-electron chi connectivity index (χ4n) is 2.46. The third-order valence-electron chi connectivity index (χ3n) is 3.24. The van der Waals surface area contributed by atoms with Gasteiger partial charge in [0.15, 0.2) is 0 Å². The van der Waals surface area contributed by atoms with Gasteiger partial charge in [-0.15, -0.1) is 0 Å². The average molecular weight is 168 g/mol. The zero-order valence-electron chi connectivity index (χ0n) is 7.42. The number of hydrogen-bond donors (Lipinski definition) is 0. The molecule has 1 unspecified atom stereocenters. The summed E-state index contributed by atoms with van der Waals surface area (Å²) in [7, 11) is 0. The minimum Gasteiger partial charge on any atom is -0.465 e. The monoisotopic (exact) mass is 168 g/mol. The van der Waals surface area contributed by atoms with Gasteiger partial charge in [0.1, 0.15) is 0 Å². The van der Waals surface area contributed by atoms with Gasteiger partial charge in [-0.2, -0.15) is 0 Å². The van der Waals surface area contributed by atoms with Crippen LogP contribution in [0.15, 0.2) is 0 Å². The molecule has 0 amide bonds. The highest BCUT2D eigenvalue weighted by molar-refractivity contribution is 5.69. The van der Waals surface area contributed by atoms with E-state index in [1.54, 1.807) is 0 Å². The molecule has 0 aromatic rings. The highest BCUT2D eigenvalue weighted by Gasteiger charge is 2.29. The third kappa shape index (κ3) is 1.62. The molecule has 0 aromatic carbocycles. The number of cyclic esters (lactones) is 1. The highest BCUT2D eigenvalue weighted by atomic mass is 16.5. The number of rotatable bonds is 1. The molecule has 0 N–H and O–H groups in total. The van der Waals surface area contributed by atoms with Crippen LogP contribution in [0, 0.1) is 11.8 Å². The normalized spacial score (nSPS) is 32.0. The molecule has 12 heavy (non-hydrogen) atoms. The Kier molecular flexibility index (Phi) is 2.33. The van der Waals surface area contributed by atoms with Crippen LogP contribution in [-0.4, -0.2) is 12.6 Å². The van der Waals surface area contributed by atoms with Crippen LogP contribution in [0.1, 0.15) is 38.5 Å². The van der Waals surface area contributed by atoms with E-state index < -0.39 is 0 Å². The second-order valence-electron chi connectivity index (χ2n) is 4.03. The van der Waals surface area contributed by atoms with Crippen molar-refractivity contribution in [2.75, 3.05) is 6.61 Å². The van der Waals surface area contributed by atoms with Crippen molar-refractivity contribution >= 4 is 5.97 Å². The SMILES string of the molecule is O=C1CCC(C2CCCC2)CO1. The molecule has 1 heterocycles. The largest absolute Gasteiger partial charge is 0.465 e. The van der Waals surface area contributed by atoms with Crippen LogP contribution >= 0.6 is 0 Å². The fourth-order valence-corrected chi connectivity index (χ4v) is 2.46. The Bertz CT molecular complexity index is 161. The van der Waals surface area contributed by atoms with Gasteiger partial charge in [0.05, 0.1) is 6.61 Å². The zero-order chi connectivity index (χ0) is 8.39. The molecule has 68 valence electrons. The van der Waals surface area contributed by atoms with E-state index in [4.69, 9.17) is 4.74 Å². The number of hydrogen-bond acceptors (Lipinski definition) is 2. The van der Waals surface area contributed by atoms with Crippen molar-refractivity contribution in [2.24, 2.45) is 11.8 Å². The van der Waals surface area contributed by atoms with E-state index in [1.807, 2.05) is 0 Å². The van der Waals surface area contributed by atoms with Crippen LogP contribution in [0.4, 0.5) is 0 Å². The predicted molar refractivity (Wildman–Crippen MR) is 45.6 cm³/mol. The van der Waals surface area contributed by atoms with Crippen LogP contribution in [0.2, 0.25) is 0 Å². The van der Waals surface area contributed by atoms with Crippen molar-refractivity contribution < 1.29 is 9.53 Å². The first-order valence-corrected chi connectivity index (χ1v) is 5.02. The first kappa shape index (κ1) is 8.09. The molecule has 1 saturated heterocycles. The first-order valence-electron chi connectivity index (χ1n) is 5.02. The summed E-state index contributed by atoms with van der Waals surface area (Å²) >= 11 is 0. The topological polar surface area (TPSA) is 26.3 Å². The Hall–Kier alpha value is -0.530. The Morgan fingerprint density at radius 3 is 2.42 bits per heavy atom. The predicted octanol–water partition coefficient (Wildman–Crippen LogP) is 2.13. The Labute approximate surface area is 73.3 Å². The van der Waals surface area contributed by atoms with Gasteiger partial charge < -0.3 is 4.74 Å². The van der Waals surface area contributed by atoms with Crippen molar-refractivity contribution in [3.05, 3.63) is 0 Å². The molecule has 0 aromatic heterocycles. The Morgan fingerprint density at radius 2 is 1.83 bits per heavy atom. The number of esters is 1. The van der Waals surface area contributed by atoms with Crippen LogP contribution < -0.4 is 0 Å². The van der Waals surface area contributed by atoms with E-state index >= 15 is 0 Å². The van der Waals surface area contributed by atoms with Gasteiger partial charge in [-0.3, -0.25) is 4.79 Å². The molecule has 1 aliphatic heterocycles. The average Bonchev–Trinajstić information content (AvgIpc) is 2.58. The standard InChI is InChI=1S/C10H16O2/c11-10-6-5-9(7-12-10)8-3-1-2-4-8/h8-9H,1-7H2. The van der Waals surface area contributed by atoms with E-state index in [-0.39, 0.29) is 5.97 Å². The second-order valence-corrected chi connectivity index (χ2v) is 4.03. The van der Waals surface area contributed by atoms with Gasteiger partial charge in [-0.05, 0) is 18.3 Å². The summed E-state index contributed by atoms with van der Waals surface area (Å²) in [5.41, 5.74) is 0. The van der Waals surface area contributed by atoms with Gasteiger partial charge in [-0.1, -0.05) is 25.7 Å². The molecule has 0 radical (unpaired) electrons. The molecule has 2 rings (SSSR count). The third-order valence-corrected chi connectivity index (χ3v) is 3.24. The molecular formula is C10H16O2. The summed E-state index contributed by atoms with van der Waals surface area (Å²) in [6.45, 7) is 0.698. The van der Waals surface area contributed by atoms with Crippen LogP contribution in [0.5, 0.6) is 0 Å². The Balaban J connectivity index is 1.84. The van der Waals surface area contributed by atoms with E-state index in [2.05, 4.69) is 0 Å². The first-order chi connectivity index (χ1) is 5.86. The summed E-state index contributed by atoms with van der Waals surface area (Å²) in [4.78, 5) is 10.8. The molecular weight excluding hydrogens is 152 g/mol. The molecule has 2 nitrogen and oxygen atoms in total. The second kappa shape index (κ2) is 3.46. The molecule has 0 spiro atoms. The number of ether oxygens (including phenoxy) is 1. The molecule has 2 fully saturated rings. The molecule has 1 saturated carbocycles. The van der Waals surface area contributed by atoms with Gasteiger partial charge in [0, 0.05) is 6.42 Å². The Morgan fingerprint density at radius 1 is 1.08 bits per heavy atom. The molecule has 1 atom stereocenters. The molecule has 1 aliphatic carbocycles. The maximum absolute atomic E-state index is 10.8. The van der Waals surface area contributed by atoms with Crippen LogP contribution in [0.25, 0.3) is 0 Å². The van der Waals surface area contributed by atoms with E-state index in [0.717, 1.165) is 12.3 Å². The maximum atomic E-state index is 10.8. The van der Waals surface area contributed by atoms with Gasteiger partial charge in [0.25, 0.3) is 0 Å². The summed E-state index contributed by atoms with van der Waals surface area (Å²) in [5, 5.41) is 0. The van der Waals surface area contributed by atoms with E-state index in [1.165, 1.54) is 25.7 Å². The smallest absolute Gasteiger partial charge is 0.305 e. The van der Waals surface area contributed by atoms with Crippen LogP contribution in [-0.2, 0) is 9.53 Å². The van der Waals surface area contributed by atoms with E-state index in [0.29, 0.717) is 18.9 Å². The van der Waals surface area contributed by atoms with Gasteiger partial charge in [0.2, 0.25) is 0 Å². The van der Waals surface area contributed by atoms with Crippen molar-refractivity contribution in [2.45, 2.75) is 38.5 Å². The lowest BCUT2D eigenvalue weighted by Crippen LogP contribution is -2.26. The van der Waals surface area contributed by atoms with Crippen molar-refractivity contribution in [1.82, 2.24) is 0 Å². The van der Waals surface area contributed by atoms with Crippen molar-refractivity contribution in [3.63, 3.8) is 0 Å². The summed E-state index contributed by atoms with van der Waals surface area (Å²) in [5.74, 6) is 1.55. The van der Waals surface area contributed by atoms with Gasteiger partial charge in [-0.25, -0.2) is 0 Å². The van der Waals surface area contributed by atoms with Gasteiger partial charge >= 0.3 is 5.97 Å². The molecule has 2 aliphatic rings. The summed E-state index contributed by atoms with van der Waals surface area (Å²) < 4.78 is 5.06. The zero-order valence-corrected chi connectivity index (χ0v) is 7.42. The van der Waals surface area contributed by atoms with Crippen molar-refractivity contribution in [1.29, 1.82) is 0 Å². The number of carbonyl (C=O) groups excluding carboxylic acids is 1. The van der Waals surface area contributed by atoms with E-state index in [9.17, 15) is 4.79 Å². The maximum Gasteiger partial charge on any atom is 0.305 e. The summed E-state index contributed by atoms with van der Waals surface area (Å²) in [6, 6.07) is 0. The summed E-state index contributed by atoms with van der Waals surface area (Å²) in [6.07, 6.45) is 7.22. The number of carbonyl (C=O) groups is 1. The minimum absolute atomic E-state index is 0.00393. The lowest BCUT2D eigenvalue weighted by molar-refractivity contribution is -0.150. The molecule has 2 heteroatoms. The highest BCUT2D eigenvalue weighted by Crippen LogP contribution is 2.35. The quantitative estimate of drug-likeness (QED) is 0.561. The fraction of sp³-hybridized carbons (Fsp3) is 0.900. The lowest BCUT2D eigenvalue weighted by Gasteiger charge is -2.26. The minimum atomic E-state index is 0.00393. The van der Waals surface area contributed by atoms with Crippen LogP contribution in [0.3, 0.4) is 0 Å². The lowest BCUT2D eigenvalue weighted by atomic mass is 9.87.